The maximum atomic E-state index is 9.96. The summed E-state index contributed by atoms with van der Waals surface area (Å²) in [6.07, 6.45) is 1.67. The second kappa shape index (κ2) is 4.82. The van der Waals surface area contributed by atoms with Gasteiger partial charge in [0.25, 0.3) is 0 Å². The third-order valence-electron chi connectivity index (χ3n) is 1.55. The Morgan fingerprint density at radius 1 is 1.13 bits per heavy atom. The van der Waals surface area contributed by atoms with Crippen LogP contribution < -0.4 is 9.47 Å². The van der Waals surface area contributed by atoms with Gasteiger partial charge in [-0.05, 0) is 45.0 Å². The largest absolute Gasteiger partial charge is 0.488 e. The van der Waals surface area contributed by atoms with Gasteiger partial charge in [-0.3, -0.25) is 4.79 Å². The fraction of sp³-hybridized carbons (Fsp3) is 0.417. The smallest absolute Gasteiger partial charge is 0.239 e. The Kier molecular flexibility index (Phi) is 3.72. The maximum Gasteiger partial charge on any atom is 0.239 e. The van der Waals surface area contributed by atoms with Gasteiger partial charge in [0.05, 0.1) is 0 Å². The van der Waals surface area contributed by atoms with E-state index in [0.717, 1.165) is 5.75 Å². The van der Waals surface area contributed by atoms with Gasteiger partial charge in [-0.25, -0.2) is 0 Å². The zero-order chi connectivity index (χ0) is 11.3. The highest BCUT2D eigenvalue weighted by atomic mass is 16.5. The molecule has 81 valence electrons. The van der Waals surface area contributed by atoms with Crippen LogP contribution in [0.4, 0.5) is 0 Å². The molecule has 0 fully saturated rings. The second-order valence-corrected chi connectivity index (χ2v) is 4.12. The first-order chi connectivity index (χ1) is 7.01. The third-order valence-corrected chi connectivity index (χ3v) is 1.55. The van der Waals surface area contributed by atoms with Crippen molar-refractivity contribution < 1.29 is 14.3 Å². The van der Waals surface area contributed by atoms with Crippen molar-refractivity contribution in [2.45, 2.75) is 26.4 Å². The predicted molar refractivity (Wildman–Crippen MR) is 58.0 cm³/mol. The van der Waals surface area contributed by atoms with Crippen LogP contribution in [-0.2, 0) is 4.79 Å². The molecule has 0 N–H and O–H groups in total. The first-order valence-corrected chi connectivity index (χ1v) is 4.78. The minimum Gasteiger partial charge on any atom is -0.488 e. The second-order valence-electron chi connectivity index (χ2n) is 4.12. The summed E-state index contributed by atoms with van der Waals surface area (Å²) < 4.78 is 10.7. The Balaban J connectivity index is 2.60. The van der Waals surface area contributed by atoms with Crippen LogP contribution in [0.1, 0.15) is 20.8 Å². The van der Waals surface area contributed by atoms with Crippen LogP contribution in [-0.4, -0.2) is 18.5 Å². The monoisotopic (exact) mass is 207 g/mol. The first kappa shape index (κ1) is 11.6. The van der Waals surface area contributed by atoms with Gasteiger partial charge in [-0.1, -0.05) is 0 Å². The molecule has 1 radical (unpaired) electrons. The SMILES string of the molecule is CC(C)(C)Oc1ccc(OC[C]=O)cc1. The van der Waals surface area contributed by atoms with Crippen molar-refractivity contribution in [3.8, 4) is 11.5 Å². The molecule has 1 rings (SSSR count). The van der Waals surface area contributed by atoms with Gasteiger partial charge in [-0.2, -0.15) is 0 Å². The summed E-state index contributed by atoms with van der Waals surface area (Å²) in [6.45, 7) is 5.91. The minimum absolute atomic E-state index is 0.0422. The molecule has 0 saturated carbocycles. The normalized spacial score (nSPS) is 10.9. The van der Waals surface area contributed by atoms with Crippen LogP contribution in [0.2, 0.25) is 0 Å². The Hall–Kier alpha value is -1.51. The number of ether oxygens (including phenoxy) is 2. The van der Waals surface area contributed by atoms with Crippen molar-refractivity contribution in [3.05, 3.63) is 24.3 Å². The molecule has 1 aromatic rings. The molecule has 1 aromatic carbocycles. The number of hydrogen-bond donors (Lipinski definition) is 0. The summed E-state index contributed by atoms with van der Waals surface area (Å²) in [5, 5.41) is 0. The van der Waals surface area contributed by atoms with Crippen LogP contribution in [0.25, 0.3) is 0 Å². The fourth-order valence-corrected chi connectivity index (χ4v) is 1.07. The van der Waals surface area contributed by atoms with Gasteiger partial charge in [0.1, 0.15) is 17.1 Å². The van der Waals surface area contributed by atoms with Crippen molar-refractivity contribution >= 4 is 6.29 Å². The van der Waals surface area contributed by atoms with Crippen LogP contribution in [0.5, 0.6) is 11.5 Å². The van der Waals surface area contributed by atoms with Crippen molar-refractivity contribution in [1.82, 2.24) is 0 Å². The van der Waals surface area contributed by atoms with Crippen molar-refractivity contribution in [1.29, 1.82) is 0 Å². The van der Waals surface area contributed by atoms with E-state index in [1.54, 1.807) is 18.4 Å². The van der Waals surface area contributed by atoms with E-state index in [9.17, 15) is 4.79 Å². The Morgan fingerprint density at radius 3 is 2.13 bits per heavy atom. The average Bonchev–Trinajstić information content (AvgIpc) is 2.14. The highest BCUT2D eigenvalue weighted by Gasteiger charge is 2.11. The Labute approximate surface area is 90.0 Å². The molecule has 0 heterocycles. The lowest BCUT2D eigenvalue weighted by atomic mass is 10.2. The molecule has 0 spiro atoms. The molecule has 0 unspecified atom stereocenters. The lowest BCUT2D eigenvalue weighted by molar-refractivity contribution is 0.131. The molecular weight excluding hydrogens is 192 g/mol. The molecule has 0 aliphatic heterocycles. The van der Waals surface area contributed by atoms with Gasteiger partial charge < -0.3 is 9.47 Å². The van der Waals surface area contributed by atoms with E-state index >= 15 is 0 Å². The van der Waals surface area contributed by atoms with E-state index in [0.29, 0.717) is 5.75 Å². The lowest BCUT2D eigenvalue weighted by Gasteiger charge is -2.21. The molecule has 0 amide bonds. The summed E-state index contributed by atoms with van der Waals surface area (Å²) in [6, 6.07) is 7.15. The van der Waals surface area contributed by atoms with Gasteiger partial charge in [0, 0.05) is 0 Å². The molecule has 0 aliphatic carbocycles. The van der Waals surface area contributed by atoms with Gasteiger partial charge in [0.2, 0.25) is 6.29 Å². The molecule has 0 aliphatic rings. The number of hydrogen-bond acceptors (Lipinski definition) is 3. The fourth-order valence-electron chi connectivity index (χ4n) is 1.07. The predicted octanol–water partition coefficient (Wildman–Crippen LogP) is 2.35. The molecule has 0 atom stereocenters. The van der Waals surface area contributed by atoms with Crippen molar-refractivity contribution in [2.75, 3.05) is 6.61 Å². The average molecular weight is 207 g/mol. The summed E-state index contributed by atoms with van der Waals surface area (Å²) in [5.41, 5.74) is -0.209. The van der Waals surface area contributed by atoms with Gasteiger partial charge in [0.15, 0.2) is 6.61 Å². The topological polar surface area (TPSA) is 35.5 Å². The molecule has 3 nitrogen and oxygen atoms in total. The quantitative estimate of drug-likeness (QED) is 0.760. The number of benzene rings is 1. The van der Waals surface area contributed by atoms with E-state index in [1.165, 1.54) is 0 Å². The number of rotatable bonds is 4. The minimum atomic E-state index is -0.209. The van der Waals surface area contributed by atoms with Gasteiger partial charge in [-0.15, -0.1) is 0 Å². The van der Waals surface area contributed by atoms with E-state index in [1.807, 2.05) is 32.9 Å². The van der Waals surface area contributed by atoms with Crippen LogP contribution in [0.15, 0.2) is 24.3 Å². The summed E-state index contributed by atoms with van der Waals surface area (Å²) in [5.74, 6) is 1.42. The summed E-state index contributed by atoms with van der Waals surface area (Å²) >= 11 is 0. The molecule has 0 saturated heterocycles. The molecule has 0 bridgehead atoms. The summed E-state index contributed by atoms with van der Waals surface area (Å²) in [7, 11) is 0. The van der Waals surface area contributed by atoms with Crippen LogP contribution >= 0.6 is 0 Å². The van der Waals surface area contributed by atoms with Crippen molar-refractivity contribution in [2.24, 2.45) is 0 Å². The Morgan fingerprint density at radius 2 is 1.67 bits per heavy atom. The van der Waals surface area contributed by atoms with E-state index in [-0.39, 0.29) is 12.2 Å². The highest BCUT2D eigenvalue weighted by Crippen LogP contribution is 2.21. The lowest BCUT2D eigenvalue weighted by Crippen LogP contribution is -2.22. The molecule has 0 aromatic heterocycles. The molecular formula is C12H15O3. The molecule has 3 heteroatoms. The van der Waals surface area contributed by atoms with Crippen LogP contribution in [0.3, 0.4) is 0 Å². The molecule has 15 heavy (non-hydrogen) atoms. The zero-order valence-electron chi connectivity index (χ0n) is 9.24. The standard InChI is InChI=1S/C12H15O3/c1-12(2,3)15-11-6-4-10(5-7-11)14-9-8-13/h4-7H,9H2,1-3H3. The first-order valence-electron chi connectivity index (χ1n) is 4.78. The Bertz CT molecular complexity index is 309. The van der Waals surface area contributed by atoms with E-state index in [2.05, 4.69) is 0 Å². The third kappa shape index (κ3) is 4.49. The zero-order valence-corrected chi connectivity index (χ0v) is 9.24. The maximum absolute atomic E-state index is 9.96. The summed E-state index contributed by atoms with van der Waals surface area (Å²) in [4.78, 5) is 9.96. The van der Waals surface area contributed by atoms with Crippen LogP contribution in [0, 0.1) is 0 Å². The number of carbonyl (C=O) groups excluding carboxylic acids is 1. The highest BCUT2D eigenvalue weighted by molar-refractivity contribution is 5.52. The van der Waals surface area contributed by atoms with Crippen molar-refractivity contribution in [3.63, 3.8) is 0 Å². The van der Waals surface area contributed by atoms with Gasteiger partial charge >= 0.3 is 0 Å². The van der Waals surface area contributed by atoms with E-state index < -0.39 is 0 Å². The van der Waals surface area contributed by atoms with E-state index in [4.69, 9.17) is 9.47 Å².